The molecule has 4 heteroatoms. The molecule has 3 rings (SSSR count). The Bertz CT molecular complexity index is 602. The highest BCUT2D eigenvalue weighted by Crippen LogP contribution is 2.41. The number of alkyl halides is 1. The number of pyridine rings is 1. The zero-order valence-corrected chi connectivity index (χ0v) is 12.9. The Morgan fingerprint density at radius 3 is 2.71 bits per heavy atom. The van der Waals surface area contributed by atoms with Crippen molar-refractivity contribution in [1.82, 2.24) is 4.98 Å². The average molecular weight is 308 g/mol. The predicted molar refractivity (Wildman–Crippen MR) is 81.8 cm³/mol. The Labute approximate surface area is 129 Å². The Hall–Kier alpha value is -1.35. The first-order valence-electron chi connectivity index (χ1n) is 7.51. The van der Waals surface area contributed by atoms with E-state index in [9.17, 15) is 4.39 Å². The topological polar surface area (TPSA) is 26.0 Å². The first kappa shape index (κ1) is 14.6. The molecule has 0 aliphatic heterocycles. The summed E-state index contributed by atoms with van der Waals surface area (Å²) >= 11 is 6.68. The minimum absolute atomic E-state index is 0.00351. The molecular formula is C17H19ClFNO. The summed E-state index contributed by atoms with van der Waals surface area (Å²) in [5.74, 6) is 1.59. The first-order valence-corrected chi connectivity index (χ1v) is 7.95. The number of hydrogen-bond acceptors (Lipinski definition) is 2. The van der Waals surface area contributed by atoms with Crippen LogP contribution < -0.4 is 0 Å². The molecule has 1 saturated carbocycles. The van der Waals surface area contributed by atoms with E-state index in [0.29, 0.717) is 11.7 Å². The summed E-state index contributed by atoms with van der Waals surface area (Å²) in [5, 5.41) is -0.00351. The van der Waals surface area contributed by atoms with Gasteiger partial charge in [-0.15, -0.1) is 11.6 Å². The van der Waals surface area contributed by atoms with E-state index in [4.69, 9.17) is 16.0 Å². The summed E-state index contributed by atoms with van der Waals surface area (Å²) < 4.78 is 18.7. The molecule has 2 nitrogen and oxygen atoms in total. The van der Waals surface area contributed by atoms with Gasteiger partial charge in [0.25, 0.3) is 0 Å². The van der Waals surface area contributed by atoms with Gasteiger partial charge in [0, 0.05) is 17.3 Å². The van der Waals surface area contributed by atoms with E-state index in [1.165, 1.54) is 44.4 Å². The maximum Gasteiger partial charge on any atom is 0.212 e. The van der Waals surface area contributed by atoms with Crippen molar-refractivity contribution in [3.8, 4) is 11.3 Å². The van der Waals surface area contributed by atoms with E-state index in [1.54, 1.807) is 6.07 Å². The number of furan rings is 1. The van der Waals surface area contributed by atoms with E-state index in [-0.39, 0.29) is 5.38 Å². The van der Waals surface area contributed by atoms with Crippen LogP contribution in [0.3, 0.4) is 0 Å². The standard InChI is InChI=1S/C17H19ClFNO/c1-11-14(17(18)12-5-3-2-4-6-12)9-15(21-11)13-7-8-16(19)20-10-13/h7-10,12,17H,2-6H2,1H3. The van der Waals surface area contributed by atoms with Crippen LogP contribution in [0.5, 0.6) is 0 Å². The second-order valence-corrected chi connectivity index (χ2v) is 6.26. The number of halogens is 2. The van der Waals surface area contributed by atoms with E-state index < -0.39 is 5.95 Å². The lowest BCUT2D eigenvalue weighted by Crippen LogP contribution is -2.12. The molecule has 0 amide bonds. The molecule has 2 aromatic rings. The fraction of sp³-hybridized carbons (Fsp3) is 0.471. The smallest absolute Gasteiger partial charge is 0.212 e. The van der Waals surface area contributed by atoms with Crippen LogP contribution in [0.2, 0.25) is 0 Å². The quantitative estimate of drug-likeness (QED) is 0.541. The highest BCUT2D eigenvalue weighted by Gasteiger charge is 2.26. The van der Waals surface area contributed by atoms with Crippen molar-refractivity contribution in [3.63, 3.8) is 0 Å². The van der Waals surface area contributed by atoms with Crippen molar-refractivity contribution in [2.75, 3.05) is 0 Å². The largest absolute Gasteiger partial charge is 0.461 e. The molecule has 2 aromatic heterocycles. The van der Waals surface area contributed by atoms with Gasteiger partial charge in [-0.3, -0.25) is 0 Å². The van der Waals surface area contributed by atoms with Gasteiger partial charge < -0.3 is 4.42 Å². The number of rotatable bonds is 3. The predicted octanol–water partition coefficient (Wildman–Crippen LogP) is 5.65. The lowest BCUT2D eigenvalue weighted by atomic mass is 9.84. The van der Waals surface area contributed by atoms with Crippen molar-refractivity contribution in [2.24, 2.45) is 5.92 Å². The monoisotopic (exact) mass is 307 g/mol. The third-order valence-electron chi connectivity index (χ3n) is 4.33. The molecule has 1 aliphatic carbocycles. The molecule has 1 fully saturated rings. The Morgan fingerprint density at radius 2 is 2.05 bits per heavy atom. The van der Waals surface area contributed by atoms with Crippen molar-refractivity contribution >= 4 is 11.6 Å². The maximum atomic E-state index is 12.9. The van der Waals surface area contributed by atoms with Crippen molar-refractivity contribution < 1.29 is 8.81 Å². The van der Waals surface area contributed by atoms with Crippen molar-refractivity contribution in [3.05, 3.63) is 41.7 Å². The van der Waals surface area contributed by atoms with Gasteiger partial charge >= 0.3 is 0 Å². The summed E-state index contributed by atoms with van der Waals surface area (Å²) in [6.45, 7) is 1.94. The molecule has 0 saturated heterocycles. The summed E-state index contributed by atoms with van der Waals surface area (Å²) in [6, 6.07) is 5.00. The summed E-state index contributed by atoms with van der Waals surface area (Å²) in [5.41, 5.74) is 1.83. The van der Waals surface area contributed by atoms with Crippen LogP contribution in [0.1, 0.15) is 48.8 Å². The van der Waals surface area contributed by atoms with Crippen LogP contribution >= 0.6 is 11.6 Å². The highest BCUT2D eigenvalue weighted by atomic mass is 35.5. The lowest BCUT2D eigenvalue weighted by molar-refractivity contribution is 0.346. The Kier molecular flexibility index (Phi) is 4.29. The van der Waals surface area contributed by atoms with Crippen LogP contribution in [-0.2, 0) is 0 Å². The summed E-state index contributed by atoms with van der Waals surface area (Å²) in [4.78, 5) is 3.67. The second-order valence-electron chi connectivity index (χ2n) is 5.79. The van der Waals surface area contributed by atoms with Gasteiger partial charge in [0.15, 0.2) is 0 Å². The fourth-order valence-electron chi connectivity index (χ4n) is 3.11. The zero-order valence-electron chi connectivity index (χ0n) is 12.1. The normalized spacial score (nSPS) is 17.9. The van der Waals surface area contributed by atoms with Crippen LogP contribution in [0, 0.1) is 18.8 Å². The van der Waals surface area contributed by atoms with Gasteiger partial charge in [-0.2, -0.15) is 4.39 Å². The molecule has 0 bridgehead atoms. The van der Waals surface area contributed by atoms with Gasteiger partial charge in [-0.1, -0.05) is 19.3 Å². The zero-order chi connectivity index (χ0) is 14.8. The van der Waals surface area contributed by atoms with Gasteiger partial charge in [0.2, 0.25) is 5.95 Å². The summed E-state index contributed by atoms with van der Waals surface area (Å²) in [6.07, 6.45) is 7.70. The molecule has 0 radical (unpaired) electrons. The van der Waals surface area contributed by atoms with Crippen molar-refractivity contribution in [1.29, 1.82) is 0 Å². The average Bonchev–Trinajstić information content (AvgIpc) is 2.90. The number of hydrogen-bond donors (Lipinski definition) is 0. The lowest BCUT2D eigenvalue weighted by Gasteiger charge is -2.25. The third-order valence-corrected chi connectivity index (χ3v) is 4.92. The molecule has 112 valence electrons. The van der Waals surface area contributed by atoms with Gasteiger partial charge in [0.1, 0.15) is 11.5 Å². The van der Waals surface area contributed by atoms with Gasteiger partial charge in [0.05, 0.1) is 5.38 Å². The minimum atomic E-state index is -0.486. The van der Waals surface area contributed by atoms with E-state index in [1.807, 2.05) is 13.0 Å². The Morgan fingerprint density at radius 1 is 1.29 bits per heavy atom. The SMILES string of the molecule is Cc1oc(-c2ccc(F)nc2)cc1C(Cl)C1CCCCC1. The molecule has 21 heavy (non-hydrogen) atoms. The van der Waals surface area contributed by atoms with Gasteiger partial charge in [-0.25, -0.2) is 4.98 Å². The van der Waals surface area contributed by atoms with E-state index in [2.05, 4.69) is 4.98 Å². The number of aryl methyl sites for hydroxylation is 1. The summed E-state index contributed by atoms with van der Waals surface area (Å²) in [7, 11) is 0. The van der Waals surface area contributed by atoms with Crippen LogP contribution in [0.15, 0.2) is 28.8 Å². The molecular weight excluding hydrogens is 289 g/mol. The number of nitrogens with zero attached hydrogens (tertiary/aromatic N) is 1. The van der Waals surface area contributed by atoms with Crippen LogP contribution in [-0.4, -0.2) is 4.98 Å². The van der Waals surface area contributed by atoms with E-state index >= 15 is 0 Å². The van der Waals surface area contributed by atoms with Gasteiger partial charge in [-0.05, 0) is 43.9 Å². The first-order chi connectivity index (χ1) is 10.1. The number of aromatic nitrogens is 1. The third kappa shape index (κ3) is 3.13. The second kappa shape index (κ2) is 6.18. The molecule has 0 N–H and O–H groups in total. The van der Waals surface area contributed by atoms with Crippen molar-refractivity contribution in [2.45, 2.75) is 44.4 Å². The molecule has 0 aromatic carbocycles. The van der Waals surface area contributed by atoms with E-state index in [0.717, 1.165) is 16.9 Å². The highest BCUT2D eigenvalue weighted by molar-refractivity contribution is 6.21. The molecule has 2 heterocycles. The van der Waals surface area contributed by atoms with Crippen LogP contribution in [0.4, 0.5) is 4.39 Å². The molecule has 1 atom stereocenters. The Balaban J connectivity index is 1.85. The minimum Gasteiger partial charge on any atom is -0.461 e. The fourth-order valence-corrected chi connectivity index (χ4v) is 3.58. The molecule has 0 spiro atoms. The maximum absolute atomic E-state index is 12.9. The molecule has 1 unspecified atom stereocenters. The van der Waals surface area contributed by atoms with Crippen LogP contribution in [0.25, 0.3) is 11.3 Å². The molecule has 1 aliphatic rings.